The molecule has 1 aromatic carbocycles. The number of rotatable bonds is 1. The first kappa shape index (κ1) is 11.9. The molecule has 17 heavy (non-hydrogen) atoms. The molecular formula is C13H19N3O. The molecule has 3 N–H and O–H groups in total. The van der Waals surface area contributed by atoms with Crippen LogP contribution in [0.4, 0.5) is 4.79 Å². The van der Waals surface area contributed by atoms with Crippen LogP contribution >= 0.6 is 0 Å². The summed E-state index contributed by atoms with van der Waals surface area (Å²) in [6.07, 6.45) is 0. The monoisotopic (exact) mass is 233 g/mol. The molecule has 0 bridgehead atoms. The average Bonchev–Trinajstić information content (AvgIpc) is 2.33. The van der Waals surface area contributed by atoms with Gasteiger partial charge >= 0.3 is 6.03 Å². The van der Waals surface area contributed by atoms with Crippen LogP contribution in [0.3, 0.4) is 0 Å². The number of benzene rings is 1. The molecule has 0 radical (unpaired) electrons. The number of amides is 2. The molecule has 1 saturated heterocycles. The molecule has 0 saturated carbocycles. The van der Waals surface area contributed by atoms with Crippen molar-refractivity contribution in [2.45, 2.75) is 19.9 Å². The van der Waals surface area contributed by atoms with Crippen LogP contribution in [-0.2, 0) is 0 Å². The SMILES string of the molecule is Cc1cccc(C2CNCCN2C(N)=O)c1C. The second kappa shape index (κ2) is 4.75. The summed E-state index contributed by atoms with van der Waals surface area (Å²) in [4.78, 5) is 13.2. The molecule has 1 atom stereocenters. The van der Waals surface area contributed by atoms with Crippen molar-refractivity contribution < 1.29 is 4.79 Å². The van der Waals surface area contributed by atoms with Gasteiger partial charge in [-0.3, -0.25) is 0 Å². The van der Waals surface area contributed by atoms with Gasteiger partial charge < -0.3 is 16.0 Å². The fourth-order valence-corrected chi connectivity index (χ4v) is 2.38. The number of piperazine rings is 1. The number of primary amides is 1. The standard InChI is InChI=1S/C13H19N3O/c1-9-4-3-5-11(10(9)2)12-8-15-6-7-16(12)13(14)17/h3-5,12,15H,6-8H2,1-2H3,(H2,14,17). The van der Waals surface area contributed by atoms with E-state index in [1.54, 1.807) is 4.90 Å². The van der Waals surface area contributed by atoms with Gasteiger partial charge in [-0.25, -0.2) is 4.79 Å². The van der Waals surface area contributed by atoms with Gasteiger partial charge in [-0.15, -0.1) is 0 Å². The van der Waals surface area contributed by atoms with Crippen molar-refractivity contribution in [1.82, 2.24) is 10.2 Å². The van der Waals surface area contributed by atoms with Crippen molar-refractivity contribution in [3.63, 3.8) is 0 Å². The minimum Gasteiger partial charge on any atom is -0.351 e. The predicted molar refractivity (Wildman–Crippen MR) is 67.8 cm³/mol. The number of carbonyl (C=O) groups is 1. The number of aryl methyl sites for hydroxylation is 1. The Kier molecular flexibility index (Phi) is 3.33. The van der Waals surface area contributed by atoms with E-state index < -0.39 is 0 Å². The highest BCUT2D eigenvalue weighted by atomic mass is 16.2. The molecular weight excluding hydrogens is 214 g/mol. The summed E-state index contributed by atoms with van der Waals surface area (Å²) in [5, 5.41) is 3.32. The topological polar surface area (TPSA) is 58.4 Å². The van der Waals surface area contributed by atoms with Crippen LogP contribution in [0.2, 0.25) is 0 Å². The molecule has 1 fully saturated rings. The third-order valence-electron chi connectivity index (χ3n) is 3.53. The van der Waals surface area contributed by atoms with Crippen LogP contribution in [0, 0.1) is 13.8 Å². The first-order valence-corrected chi connectivity index (χ1v) is 5.94. The lowest BCUT2D eigenvalue weighted by molar-refractivity contribution is 0.167. The molecule has 0 spiro atoms. The lowest BCUT2D eigenvalue weighted by atomic mass is 9.95. The van der Waals surface area contributed by atoms with Gasteiger partial charge in [0, 0.05) is 19.6 Å². The summed E-state index contributed by atoms with van der Waals surface area (Å²) in [6.45, 7) is 6.44. The number of carbonyl (C=O) groups excluding carboxylic acids is 1. The summed E-state index contributed by atoms with van der Waals surface area (Å²) >= 11 is 0. The summed E-state index contributed by atoms with van der Waals surface area (Å²) < 4.78 is 0. The second-order valence-electron chi connectivity index (χ2n) is 4.54. The molecule has 1 aliphatic heterocycles. The number of urea groups is 1. The Balaban J connectivity index is 2.36. The zero-order valence-electron chi connectivity index (χ0n) is 10.4. The van der Waals surface area contributed by atoms with E-state index in [0.29, 0.717) is 6.54 Å². The van der Waals surface area contributed by atoms with Crippen molar-refractivity contribution in [3.05, 3.63) is 34.9 Å². The Morgan fingerprint density at radius 1 is 1.47 bits per heavy atom. The number of hydrogen-bond donors (Lipinski definition) is 2. The van der Waals surface area contributed by atoms with Crippen LogP contribution in [0.1, 0.15) is 22.7 Å². The third kappa shape index (κ3) is 2.26. The quantitative estimate of drug-likeness (QED) is 0.768. The van der Waals surface area contributed by atoms with Crippen LogP contribution in [0.25, 0.3) is 0 Å². The van der Waals surface area contributed by atoms with Gasteiger partial charge in [0.05, 0.1) is 6.04 Å². The van der Waals surface area contributed by atoms with E-state index in [0.717, 1.165) is 13.1 Å². The zero-order chi connectivity index (χ0) is 12.4. The summed E-state index contributed by atoms with van der Waals surface area (Å²) in [7, 11) is 0. The Morgan fingerprint density at radius 3 is 2.94 bits per heavy atom. The minimum absolute atomic E-state index is 0.0566. The number of hydrogen-bond acceptors (Lipinski definition) is 2. The second-order valence-corrected chi connectivity index (χ2v) is 4.54. The summed E-state index contributed by atoms with van der Waals surface area (Å²) in [5.41, 5.74) is 9.12. The van der Waals surface area contributed by atoms with E-state index in [4.69, 9.17) is 5.73 Å². The van der Waals surface area contributed by atoms with E-state index in [1.165, 1.54) is 16.7 Å². The molecule has 1 unspecified atom stereocenters. The van der Waals surface area contributed by atoms with E-state index in [1.807, 2.05) is 6.07 Å². The Labute approximate surface area is 102 Å². The first-order chi connectivity index (χ1) is 8.11. The van der Waals surface area contributed by atoms with Crippen molar-refractivity contribution in [1.29, 1.82) is 0 Å². The number of nitrogens with zero attached hydrogens (tertiary/aromatic N) is 1. The molecule has 1 heterocycles. The van der Waals surface area contributed by atoms with Crippen LogP contribution in [0.15, 0.2) is 18.2 Å². The van der Waals surface area contributed by atoms with E-state index in [2.05, 4.69) is 31.3 Å². The molecule has 2 amide bonds. The van der Waals surface area contributed by atoms with Crippen LogP contribution in [0.5, 0.6) is 0 Å². The maximum atomic E-state index is 11.5. The summed E-state index contributed by atoms with van der Waals surface area (Å²) in [5.74, 6) is 0. The van der Waals surface area contributed by atoms with Gasteiger partial charge in [0.15, 0.2) is 0 Å². The zero-order valence-corrected chi connectivity index (χ0v) is 10.4. The van der Waals surface area contributed by atoms with Crippen molar-refractivity contribution in [2.75, 3.05) is 19.6 Å². The molecule has 0 aromatic heterocycles. The maximum Gasteiger partial charge on any atom is 0.315 e. The number of nitrogens with one attached hydrogen (secondary N) is 1. The largest absolute Gasteiger partial charge is 0.351 e. The van der Waals surface area contributed by atoms with E-state index in [9.17, 15) is 4.79 Å². The fraction of sp³-hybridized carbons (Fsp3) is 0.462. The third-order valence-corrected chi connectivity index (χ3v) is 3.53. The Hall–Kier alpha value is -1.55. The van der Waals surface area contributed by atoms with Gasteiger partial charge in [-0.1, -0.05) is 18.2 Å². The van der Waals surface area contributed by atoms with Crippen molar-refractivity contribution in [2.24, 2.45) is 5.73 Å². The molecule has 0 aliphatic carbocycles. The lowest BCUT2D eigenvalue weighted by Gasteiger charge is -2.36. The predicted octanol–water partition coefficient (Wildman–Crippen LogP) is 1.33. The maximum absolute atomic E-state index is 11.5. The van der Waals surface area contributed by atoms with Crippen LogP contribution < -0.4 is 11.1 Å². The molecule has 92 valence electrons. The van der Waals surface area contributed by atoms with Crippen molar-refractivity contribution >= 4 is 6.03 Å². The smallest absolute Gasteiger partial charge is 0.315 e. The lowest BCUT2D eigenvalue weighted by Crippen LogP contribution is -2.50. The highest BCUT2D eigenvalue weighted by molar-refractivity contribution is 5.73. The normalized spacial score (nSPS) is 20.4. The highest BCUT2D eigenvalue weighted by Crippen LogP contribution is 2.26. The first-order valence-electron chi connectivity index (χ1n) is 5.94. The Bertz CT molecular complexity index is 431. The Morgan fingerprint density at radius 2 is 2.24 bits per heavy atom. The van der Waals surface area contributed by atoms with Crippen LogP contribution in [-0.4, -0.2) is 30.6 Å². The highest BCUT2D eigenvalue weighted by Gasteiger charge is 2.27. The molecule has 4 nitrogen and oxygen atoms in total. The van der Waals surface area contributed by atoms with Gasteiger partial charge in [-0.2, -0.15) is 0 Å². The van der Waals surface area contributed by atoms with Crippen molar-refractivity contribution in [3.8, 4) is 0 Å². The van der Waals surface area contributed by atoms with Gasteiger partial charge in [0.2, 0.25) is 0 Å². The summed E-state index contributed by atoms with van der Waals surface area (Å²) in [6, 6.07) is 5.92. The van der Waals surface area contributed by atoms with E-state index >= 15 is 0 Å². The number of nitrogens with two attached hydrogens (primary N) is 1. The molecule has 1 aliphatic rings. The minimum atomic E-state index is -0.336. The average molecular weight is 233 g/mol. The van der Waals surface area contributed by atoms with Gasteiger partial charge in [-0.05, 0) is 30.5 Å². The molecule has 2 rings (SSSR count). The fourth-order valence-electron chi connectivity index (χ4n) is 2.38. The van der Waals surface area contributed by atoms with E-state index in [-0.39, 0.29) is 12.1 Å². The molecule has 4 heteroatoms. The molecule has 1 aromatic rings. The van der Waals surface area contributed by atoms with Gasteiger partial charge in [0.1, 0.15) is 0 Å². The van der Waals surface area contributed by atoms with Gasteiger partial charge in [0.25, 0.3) is 0 Å².